The Bertz CT molecular complexity index is 693. The van der Waals surface area contributed by atoms with Crippen LogP contribution in [0.4, 0.5) is 4.79 Å². The molecule has 2 aromatic rings. The van der Waals surface area contributed by atoms with E-state index in [2.05, 4.69) is 29.7 Å². The third kappa shape index (κ3) is 5.54. The Morgan fingerprint density at radius 1 is 0.875 bits per heavy atom. The summed E-state index contributed by atoms with van der Waals surface area (Å²) >= 11 is 0. The van der Waals surface area contributed by atoms with Crippen molar-refractivity contribution in [3.05, 3.63) is 70.8 Å². The number of hydrogen-bond acceptors (Lipinski definition) is 2. The highest BCUT2D eigenvalue weighted by molar-refractivity contribution is 5.96. The van der Waals surface area contributed by atoms with Crippen molar-refractivity contribution in [1.82, 2.24) is 10.6 Å². The smallest absolute Gasteiger partial charge is 0.314 e. The van der Waals surface area contributed by atoms with Crippen LogP contribution in [0.25, 0.3) is 0 Å². The summed E-state index contributed by atoms with van der Waals surface area (Å²) in [5.74, 6) is 0.0372. The highest BCUT2D eigenvalue weighted by Crippen LogP contribution is 2.07. The molecule has 0 saturated carbocycles. The predicted molar refractivity (Wildman–Crippen MR) is 96.4 cm³/mol. The van der Waals surface area contributed by atoms with Crippen LogP contribution < -0.4 is 10.6 Å². The van der Waals surface area contributed by atoms with Crippen molar-refractivity contribution >= 4 is 11.8 Å². The van der Waals surface area contributed by atoms with Gasteiger partial charge in [0.1, 0.15) is 0 Å². The molecule has 4 heteroatoms. The van der Waals surface area contributed by atoms with Crippen LogP contribution in [0.3, 0.4) is 0 Å². The van der Waals surface area contributed by atoms with Gasteiger partial charge in [-0.15, -0.1) is 0 Å². The molecule has 2 aromatic carbocycles. The van der Waals surface area contributed by atoms with Gasteiger partial charge in [0, 0.05) is 25.1 Å². The summed E-state index contributed by atoms with van der Waals surface area (Å²) in [4.78, 5) is 23.7. The van der Waals surface area contributed by atoms with Gasteiger partial charge in [-0.3, -0.25) is 4.79 Å². The van der Waals surface area contributed by atoms with E-state index in [-0.39, 0.29) is 11.8 Å². The fourth-order valence-electron chi connectivity index (χ4n) is 2.44. The van der Waals surface area contributed by atoms with Crippen molar-refractivity contribution in [2.75, 3.05) is 13.1 Å². The van der Waals surface area contributed by atoms with Crippen LogP contribution in [-0.2, 0) is 6.42 Å². The van der Waals surface area contributed by atoms with E-state index in [4.69, 9.17) is 0 Å². The molecular weight excluding hydrogens is 300 g/mol. The second kappa shape index (κ2) is 8.87. The standard InChI is InChI=1S/C20H24N2O2/c1-15-7-9-18(10-8-15)19(23)12-14-22-20(24)21-13-11-17-6-4-3-5-16(17)2/h3-10H,11-14H2,1-2H3,(H2,21,22,24). The molecule has 0 spiro atoms. The normalized spacial score (nSPS) is 10.2. The van der Waals surface area contributed by atoms with Crippen LogP contribution in [0.15, 0.2) is 48.5 Å². The number of benzene rings is 2. The highest BCUT2D eigenvalue weighted by Gasteiger charge is 2.06. The molecule has 0 fully saturated rings. The Balaban J connectivity index is 1.65. The average Bonchev–Trinajstić information content (AvgIpc) is 2.57. The van der Waals surface area contributed by atoms with Gasteiger partial charge >= 0.3 is 6.03 Å². The van der Waals surface area contributed by atoms with Crippen molar-refractivity contribution in [2.24, 2.45) is 0 Å². The molecule has 4 nitrogen and oxygen atoms in total. The Morgan fingerprint density at radius 3 is 2.25 bits per heavy atom. The van der Waals surface area contributed by atoms with Crippen molar-refractivity contribution in [3.8, 4) is 0 Å². The summed E-state index contributed by atoms with van der Waals surface area (Å²) in [6.45, 7) is 4.95. The van der Waals surface area contributed by atoms with Crippen molar-refractivity contribution in [2.45, 2.75) is 26.7 Å². The number of carbonyl (C=O) groups excluding carboxylic acids is 2. The minimum absolute atomic E-state index is 0.0372. The molecule has 24 heavy (non-hydrogen) atoms. The van der Waals surface area contributed by atoms with Gasteiger partial charge in [-0.25, -0.2) is 4.79 Å². The predicted octanol–water partition coefficient (Wildman–Crippen LogP) is 3.42. The van der Waals surface area contributed by atoms with Gasteiger partial charge in [0.15, 0.2) is 5.78 Å². The topological polar surface area (TPSA) is 58.2 Å². The number of carbonyl (C=O) groups is 2. The third-order valence-corrected chi connectivity index (χ3v) is 3.95. The van der Waals surface area contributed by atoms with Gasteiger partial charge in [0.25, 0.3) is 0 Å². The molecular formula is C20H24N2O2. The molecule has 0 atom stereocenters. The lowest BCUT2D eigenvalue weighted by molar-refractivity contribution is 0.0983. The molecule has 2 amide bonds. The molecule has 0 aliphatic rings. The fraction of sp³-hybridized carbons (Fsp3) is 0.300. The molecule has 0 bridgehead atoms. The van der Waals surface area contributed by atoms with Crippen LogP contribution in [0.1, 0.15) is 33.5 Å². The van der Waals surface area contributed by atoms with Crippen LogP contribution in [-0.4, -0.2) is 24.9 Å². The molecule has 0 radical (unpaired) electrons. The summed E-state index contributed by atoms with van der Waals surface area (Å²) in [5.41, 5.74) is 4.26. The van der Waals surface area contributed by atoms with E-state index < -0.39 is 0 Å². The maximum absolute atomic E-state index is 12.0. The number of nitrogens with one attached hydrogen (secondary N) is 2. The lowest BCUT2D eigenvalue weighted by Crippen LogP contribution is -2.37. The van der Waals surface area contributed by atoms with Crippen LogP contribution in [0.5, 0.6) is 0 Å². The highest BCUT2D eigenvalue weighted by atomic mass is 16.2. The van der Waals surface area contributed by atoms with Gasteiger partial charge in [-0.1, -0.05) is 54.1 Å². The number of urea groups is 1. The second-order valence-electron chi connectivity index (χ2n) is 5.90. The minimum atomic E-state index is -0.236. The molecule has 0 aliphatic carbocycles. The number of ketones is 1. The average molecular weight is 324 g/mol. The first-order chi connectivity index (χ1) is 11.6. The van der Waals surface area contributed by atoms with Crippen LogP contribution in [0.2, 0.25) is 0 Å². The monoisotopic (exact) mass is 324 g/mol. The van der Waals surface area contributed by atoms with E-state index in [9.17, 15) is 9.59 Å². The largest absolute Gasteiger partial charge is 0.338 e. The minimum Gasteiger partial charge on any atom is -0.338 e. The summed E-state index contributed by atoms with van der Waals surface area (Å²) in [6, 6.07) is 15.4. The van der Waals surface area contributed by atoms with Crippen molar-refractivity contribution in [1.29, 1.82) is 0 Å². The molecule has 0 aliphatic heterocycles. The van der Waals surface area contributed by atoms with E-state index in [0.29, 0.717) is 25.1 Å². The van der Waals surface area contributed by atoms with Gasteiger partial charge in [0.2, 0.25) is 0 Å². The van der Waals surface area contributed by atoms with E-state index in [1.54, 1.807) is 0 Å². The molecule has 126 valence electrons. The van der Waals surface area contributed by atoms with Gasteiger partial charge in [-0.05, 0) is 31.4 Å². The zero-order valence-corrected chi connectivity index (χ0v) is 14.3. The second-order valence-corrected chi connectivity index (χ2v) is 5.90. The van der Waals surface area contributed by atoms with Crippen molar-refractivity contribution < 1.29 is 9.59 Å². The summed E-state index contributed by atoms with van der Waals surface area (Å²) in [5, 5.41) is 5.54. The maximum atomic E-state index is 12.0. The lowest BCUT2D eigenvalue weighted by atomic mass is 10.1. The zero-order valence-electron chi connectivity index (χ0n) is 14.3. The number of aryl methyl sites for hydroxylation is 2. The van der Waals surface area contributed by atoms with Gasteiger partial charge in [0.05, 0.1) is 0 Å². The Kier molecular flexibility index (Phi) is 6.55. The number of rotatable bonds is 7. The SMILES string of the molecule is Cc1ccc(C(=O)CCNC(=O)NCCc2ccccc2C)cc1. The molecule has 2 N–H and O–H groups in total. The fourth-order valence-corrected chi connectivity index (χ4v) is 2.44. The van der Waals surface area contributed by atoms with Crippen LogP contribution >= 0.6 is 0 Å². The first-order valence-corrected chi connectivity index (χ1v) is 8.22. The molecule has 0 unspecified atom stereocenters. The maximum Gasteiger partial charge on any atom is 0.314 e. The lowest BCUT2D eigenvalue weighted by Gasteiger charge is -2.09. The van der Waals surface area contributed by atoms with E-state index in [0.717, 1.165) is 12.0 Å². The first kappa shape index (κ1) is 17.7. The Morgan fingerprint density at radius 2 is 1.54 bits per heavy atom. The summed E-state index contributed by atoms with van der Waals surface area (Å²) in [6.07, 6.45) is 1.09. The third-order valence-electron chi connectivity index (χ3n) is 3.95. The van der Waals surface area contributed by atoms with Crippen molar-refractivity contribution in [3.63, 3.8) is 0 Å². The molecule has 0 saturated heterocycles. The number of hydrogen-bond donors (Lipinski definition) is 2. The van der Waals surface area contributed by atoms with E-state index >= 15 is 0 Å². The Labute approximate surface area is 143 Å². The summed E-state index contributed by atoms with van der Waals surface area (Å²) in [7, 11) is 0. The summed E-state index contributed by atoms with van der Waals surface area (Å²) < 4.78 is 0. The zero-order chi connectivity index (χ0) is 17.4. The molecule has 2 rings (SSSR count). The molecule has 0 aromatic heterocycles. The molecule has 0 heterocycles. The van der Waals surface area contributed by atoms with E-state index in [1.165, 1.54) is 11.1 Å². The number of Topliss-reactive ketones (excluding diaryl/α,β-unsaturated/α-hetero) is 1. The Hall–Kier alpha value is -2.62. The van der Waals surface area contributed by atoms with Gasteiger partial charge in [-0.2, -0.15) is 0 Å². The van der Waals surface area contributed by atoms with Crippen LogP contribution in [0, 0.1) is 13.8 Å². The van der Waals surface area contributed by atoms with Gasteiger partial charge < -0.3 is 10.6 Å². The quantitative estimate of drug-likeness (QED) is 0.767. The number of amides is 2. The van der Waals surface area contributed by atoms with E-state index in [1.807, 2.05) is 43.3 Å². The first-order valence-electron chi connectivity index (χ1n) is 8.22.